The van der Waals surface area contributed by atoms with Crippen LogP contribution in [0.1, 0.15) is 0 Å². The second-order valence-electron chi connectivity index (χ2n) is 7.08. The molecule has 0 fully saturated rings. The molecule has 170 valence electrons. The van der Waals surface area contributed by atoms with Crippen LogP contribution >= 0.6 is 0 Å². The Morgan fingerprint density at radius 3 is 0.750 bits per heavy atom. The molecule has 8 N–H and O–H groups in total. The summed E-state index contributed by atoms with van der Waals surface area (Å²) in [6, 6.07) is 6.09. The number of hydrogen-bond donors (Lipinski definition) is 8. The van der Waals surface area contributed by atoms with Crippen LogP contribution in [0.5, 0.6) is 0 Å². The first-order valence-electron chi connectivity index (χ1n) is 8.45. The summed E-state index contributed by atoms with van der Waals surface area (Å²) < 4.78 is 125. The van der Waals surface area contributed by atoms with Crippen LogP contribution in [0.2, 0.25) is 0 Å². The summed E-state index contributed by atoms with van der Waals surface area (Å²) in [7, 11) is 0. The van der Waals surface area contributed by atoms with Crippen molar-refractivity contribution in [2.24, 2.45) is 0 Å². The fourth-order valence-corrected chi connectivity index (χ4v) is 11.5. The molecule has 0 aliphatic heterocycles. The van der Waals surface area contributed by atoms with E-state index >= 15 is 0 Å². The van der Waals surface area contributed by atoms with Crippen LogP contribution in [0.25, 0.3) is 32.3 Å². The summed E-state index contributed by atoms with van der Waals surface area (Å²) in [4.78, 5) is 0. The molecule has 0 saturated heterocycles. The molecule has 0 bridgehead atoms. The van der Waals surface area contributed by atoms with Crippen LogP contribution < -0.4 is 17.4 Å². The molecule has 0 aliphatic rings. The van der Waals surface area contributed by atoms with Crippen LogP contribution in [0, 0.1) is 0 Å². The Labute approximate surface area is 189 Å². The van der Waals surface area contributed by atoms with Crippen LogP contribution in [0.4, 0.5) is 0 Å². The van der Waals surface area contributed by atoms with Crippen molar-refractivity contribution in [3.05, 3.63) is 36.4 Å². The van der Waals surface area contributed by atoms with Gasteiger partial charge in [0.25, 0.3) is 0 Å². The Morgan fingerprint density at radius 1 is 0.406 bits per heavy atom. The van der Waals surface area contributed by atoms with Gasteiger partial charge in [-0.05, 0) is 0 Å². The molecule has 0 heterocycles. The molecule has 0 unspecified atom stereocenters. The molecule has 4 rings (SSSR count). The summed E-state index contributed by atoms with van der Waals surface area (Å²) in [5.74, 6) is 0. The second-order valence-corrected chi connectivity index (χ2v) is 20.3. The van der Waals surface area contributed by atoms with Crippen molar-refractivity contribution in [1.82, 2.24) is 0 Å². The summed E-state index contributed by atoms with van der Waals surface area (Å²) in [5, 5.41) is -0.874. The average Bonchev–Trinajstić information content (AvgIpc) is 2.61. The molecule has 0 spiro atoms. The van der Waals surface area contributed by atoms with E-state index in [-0.39, 0.29) is 32.3 Å². The molecule has 32 heavy (non-hydrogen) atoms. The second kappa shape index (κ2) is 7.26. The van der Waals surface area contributed by atoms with E-state index in [1.807, 2.05) is 0 Å². The Balaban J connectivity index is 2.45. The molecular weight excluding hydrogens is 684 g/mol. The molecular formula is C16H14As4O12. The summed E-state index contributed by atoms with van der Waals surface area (Å²) in [6.45, 7) is 0. The Kier molecular flexibility index (Phi) is 5.49. The van der Waals surface area contributed by atoms with Crippen molar-refractivity contribution in [2.45, 2.75) is 0 Å². The van der Waals surface area contributed by atoms with E-state index in [0.29, 0.717) is 0 Å². The Hall–Kier alpha value is -0.966. The maximum atomic E-state index is 12.2. The first-order chi connectivity index (χ1) is 14.4. The number of benzene rings is 4. The van der Waals surface area contributed by atoms with Crippen molar-refractivity contribution in [3.8, 4) is 0 Å². The fourth-order valence-electron chi connectivity index (χ4n) is 3.88. The van der Waals surface area contributed by atoms with E-state index in [1.165, 1.54) is 0 Å². The van der Waals surface area contributed by atoms with Crippen LogP contribution in [0.15, 0.2) is 36.4 Å². The third kappa shape index (κ3) is 3.85. The predicted octanol–water partition coefficient (Wildman–Crippen LogP) is -5.17. The predicted molar refractivity (Wildman–Crippen MR) is 112 cm³/mol. The van der Waals surface area contributed by atoms with Gasteiger partial charge in [0, 0.05) is 0 Å². The quantitative estimate of drug-likeness (QED) is 0.0740. The van der Waals surface area contributed by atoms with Gasteiger partial charge in [-0.3, -0.25) is 0 Å². The first-order valence-corrected chi connectivity index (χ1v) is 22.0. The van der Waals surface area contributed by atoms with E-state index in [0.717, 1.165) is 36.4 Å². The Morgan fingerprint density at radius 2 is 0.594 bits per heavy atom. The summed E-state index contributed by atoms with van der Waals surface area (Å²) >= 11 is -23.2. The Bertz CT molecular complexity index is 1390. The topological polar surface area (TPSA) is 230 Å². The van der Waals surface area contributed by atoms with Gasteiger partial charge in [0.05, 0.1) is 0 Å². The van der Waals surface area contributed by atoms with Crippen molar-refractivity contribution < 1.29 is 47.7 Å². The van der Waals surface area contributed by atoms with Crippen LogP contribution in [-0.4, -0.2) is 89.5 Å². The third-order valence-corrected chi connectivity index (χ3v) is 13.4. The van der Waals surface area contributed by atoms with E-state index in [2.05, 4.69) is 0 Å². The monoisotopic (exact) mass is 698 g/mol. The average molecular weight is 698 g/mol. The van der Waals surface area contributed by atoms with Gasteiger partial charge in [0.15, 0.2) is 0 Å². The van der Waals surface area contributed by atoms with Crippen molar-refractivity contribution in [1.29, 1.82) is 0 Å². The molecule has 4 aromatic carbocycles. The van der Waals surface area contributed by atoms with Gasteiger partial charge < -0.3 is 0 Å². The van der Waals surface area contributed by atoms with Gasteiger partial charge in [-0.15, -0.1) is 0 Å². The van der Waals surface area contributed by atoms with Gasteiger partial charge in [-0.2, -0.15) is 0 Å². The van der Waals surface area contributed by atoms with Crippen molar-refractivity contribution >= 4 is 106 Å². The zero-order valence-corrected chi connectivity index (χ0v) is 23.0. The molecule has 0 atom stereocenters. The zero-order chi connectivity index (χ0) is 24.0. The third-order valence-electron chi connectivity index (χ3n) is 5.07. The molecule has 0 aromatic heterocycles. The zero-order valence-electron chi connectivity index (χ0n) is 15.5. The van der Waals surface area contributed by atoms with E-state index in [9.17, 15) is 47.7 Å². The molecule has 4 aromatic rings. The van der Waals surface area contributed by atoms with Crippen LogP contribution in [0.3, 0.4) is 0 Å². The van der Waals surface area contributed by atoms with E-state index < -0.39 is 74.1 Å². The fraction of sp³-hybridized carbons (Fsp3) is 0. The standard InChI is InChI=1S/C16H14As4O12/c21-17(22,23)11-5-13(19(27,28)29)9-3-4-10-14(20(30,31)32)6-12(18(24,25)26)8-2-1-7(11)15(9)16(8)10/h1-6H,(H2,21,22,23)(H2,24,25,26)(H2,27,28,29)(H2,30,31,32). The SMILES string of the molecule is O=[As](O)(O)c1cc([As](=O)(O)O)c2ccc3c([As](=O)(O)O)cc([As](=O)(O)O)c4ccc1c2c43. The first kappa shape index (κ1) is 24.2. The summed E-state index contributed by atoms with van der Waals surface area (Å²) in [6.07, 6.45) is 0. The molecule has 0 radical (unpaired) electrons. The molecule has 0 aliphatic carbocycles. The molecule has 16 heteroatoms. The molecule has 0 amide bonds. The van der Waals surface area contributed by atoms with Gasteiger partial charge >= 0.3 is 191 Å². The van der Waals surface area contributed by atoms with Gasteiger partial charge in [0.2, 0.25) is 0 Å². The van der Waals surface area contributed by atoms with Crippen molar-refractivity contribution in [2.75, 3.05) is 0 Å². The van der Waals surface area contributed by atoms with Crippen molar-refractivity contribution in [3.63, 3.8) is 0 Å². The van der Waals surface area contributed by atoms with Gasteiger partial charge in [-0.25, -0.2) is 0 Å². The normalized spacial score (nSPS) is 14.1. The molecule has 0 saturated carbocycles. The van der Waals surface area contributed by atoms with E-state index in [1.54, 1.807) is 0 Å². The molecule has 12 nitrogen and oxygen atoms in total. The minimum atomic E-state index is -5.80. The van der Waals surface area contributed by atoms with E-state index in [4.69, 9.17) is 0 Å². The summed E-state index contributed by atoms with van der Waals surface area (Å²) in [5.41, 5.74) is 0. The maximum absolute atomic E-state index is 12.2. The van der Waals surface area contributed by atoms with Gasteiger partial charge in [0.1, 0.15) is 0 Å². The van der Waals surface area contributed by atoms with Gasteiger partial charge in [-0.1, -0.05) is 0 Å². The number of rotatable bonds is 4. The van der Waals surface area contributed by atoms with Crippen LogP contribution in [-0.2, 0) is 15.0 Å². The minimum absolute atomic E-state index is 0.141. The number of hydrogen-bond acceptors (Lipinski definition) is 4.